The minimum Gasteiger partial charge on any atom is -0.314 e. The lowest BCUT2D eigenvalue weighted by atomic mass is 9.75. The van der Waals surface area contributed by atoms with Crippen LogP contribution >= 0.6 is 0 Å². The van der Waals surface area contributed by atoms with E-state index < -0.39 is 5.41 Å². The van der Waals surface area contributed by atoms with Crippen molar-refractivity contribution >= 4 is 11.6 Å². The molecule has 2 nitrogen and oxygen atoms in total. The second-order valence-electron chi connectivity index (χ2n) is 4.71. The summed E-state index contributed by atoms with van der Waals surface area (Å²) < 4.78 is 13.4. The molecular formula is C14H18FNO. The van der Waals surface area contributed by atoms with Crippen LogP contribution in [0, 0.1) is 5.82 Å². The molecule has 2 rings (SSSR count). The quantitative estimate of drug-likeness (QED) is 0.787. The van der Waals surface area contributed by atoms with Gasteiger partial charge in [0, 0.05) is 12.7 Å². The van der Waals surface area contributed by atoms with Crippen molar-refractivity contribution in [2.75, 3.05) is 11.9 Å². The van der Waals surface area contributed by atoms with Crippen molar-refractivity contribution in [3.05, 3.63) is 29.6 Å². The molecule has 0 saturated heterocycles. The zero-order valence-corrected chi connectivity index (χ0v) is 10.6. The highest BCUT2D eigenvalue weighted by Gasteiger charge is 2.47. The molecule has 92 valence electrons. The zero-order valence-electron chi connectivity index (χ0n) is 10.6. The van der Waals surface area contributed by atoms with E-state index in [2.05, 4.69) is 6.92 Å². The van der Waals surface area contributed by atoms with Crippen molar-refractivity contribution in [3.63, 3.8) is 0 Å². The van der Waals surface area contributed by atoms with Crippen LogP contribution in [0.25, 0.3) is 0 Å². The smallest absolute Gasteiger partial charge is 0.237 e. The van der Waals surface area contributed by atoms with Crippen LogP contribution in [-0.2, 0) is 10.2 Å². The fourth-order valence-electron chi connectivity index (χ4n) is 2.92. The standard InChI is InChI=1S/C14H18FNO/c1-4-8-14(5-2)11-9-10(15)6-7-12(11)16(3)13(14)17/h6-7,9H,4-5,8H2,1-3H3. The first-order valence-corrected chi connectivity index (χ1v) is 6.15. The number of carbonyl (C=O) groups is 1. The van der Waals surface area contributed by atoms with Crippen molar-refractivity contribution < 1.29 is 9.18 Å². The van der Waals surface area contributed by atoms with Gasteiger partial charge in [-0.1, -0.05) is 20.3 Å². The Balaban J connectivity index is 2.63. The molecule has 0 fully saturated rings. The van der Waals surface area contributed by atoms with E-state index >= 15 is 0 Å². The summed E-state index contributed by atoms with van der Waals surface area (Å²) in [5, 5.41) is 0. The number of likely N-dealkylation sites (N-methyl/N-ethyl adjacent to an activating group) is 1. The third-order valence-corrected chi connectivity index (χ3v) is 3.83. The molecule has 0 radical (unpaired) electrons. The fraction of sp³-hybridized carbons (Fsp3) is 0.500. The lowest BCUT2D eigenvalue weighted by Crippen LogP contribution is -2.38. The fourth-order valence-corrected chi connectivity index (χ4v) is 2.92. The molecule has 17 heavy (non-hydrogen) atoms. The number of hydrogen-bond donors (Lipinski definition) is 0. The molecule has 0 N–H and O–H groups in total. The SMILES string of the molecule is CCCC1(CC)C(=O)N(C)c2ccc(F)cc21. The number of fused-ring (bicyclic) bond motifs is 1. The summed E-state index contributed by atoms with van der Waals surface area (Å²) in [6.07, 6.45) is 2.42. The van der Waals surface area contributed by atoms with E-state index in [-0.39, 0.29) is 11.7 Å². The van der Waals surface area contributed by atoms with E-state index in [1.54, 1.807) is 18.0 Å². The number of halogens is 1. The van der Waals surface area contributed by atoms with Crippen molar-refractivity contribution in [2.24, 2.45) is 0 Å². The van der Waals surface area contributed by atoms with Gasteiger partial charge in [-0.25, -0.2) is 4.39 Å². The van der Waals surface area contributed by atoms with Crippen LogP contribution in [0.3, 0.4) is 0 Å². The third-order valence-electron chi connectivity index (χ3n) is 3.83. The predicted octanol–water partition coefficient (Wildman–Crippen LogP) is 3.25. The van der Waals surface area contributed by atoms with Gasteiger partial charge in [-0.3, -0.25) is 4.79 Å². The molecule has 1 aliphatic rings. The summed E-state index contributed by atoms with van der Waals surface area (Å²) in [7, 11) is 1.77. The van der Waals surface area contributed by atoms with Gasteiger partial charge in [-0.2, -0.15) is 0 Å². The molecule has 1 atom stereocenters. The van der Waals surface area contributed by atoms with Crippen LogP contribution in [0.4, 0.5) is 10.1 Å². The lowest BCUT2D eigenvalue weighted by molar-refractivity contribution is -0.123. The molecule has 1 amide bonds. The monoisotopic (exact) mass is 235 g/mol. The third kappa shape index (κ3) is 1.56. The molecule has 0 bridgehead atoms. The Labute approximate surface area is 101 Å². The molecular weight excluding hydrogens is 217 g/mol. The van der Waals surface area contributed by atoms with Gasteiger partial charge in [0.05, 0.1) is 5.41 Å². The number of carbonyl (C=O) groups excluding carboxylic acids is 1. The Hall–Kier alpha value is -1.38. The number of anilines is 1. The lowest BCUT2D eigenvalue weighted by Gasteiger charge is -2.26. The Bertz CT molecular complexity index is 458. The van der Waals surface area contributed by atoms with Gasteiger partial charge >= 0.3 is 0 Å². The maximum absolute atomic E-state index is 13.4. The van der Waals surface area contributed by atoms with Gasteiger partial charge in [0.25, 0.3) is 0 Å². The van der Waals surface area contributed by atoms with E-state index in [0.29, 0.717) is 0 Å². The Morgan fingerprint density at radius 1 is 1.35 bits per heavy atom. The van der Waals surface area contributed by atoms with E-state index in [1.165, 1.54) is 12.1 Å². The molecule has 0 spiro atoms. The maximum atomic E-state index is 13.4. The maximum Gasteiger partial charge on any atom is 0.237 e. The van der Waals surface area contributed by atoms with Gasteiger partial charge in [0.1, 0.15) is 5.82 Å². The van der Waals surface area contributed by atoms with Crippen LogP contribution in [-0.4, -0.2) is 13.0 Å². The van der Waals surface area contributed by atoms with Crippen molar-refractivity contribution in [2.45, 2.75) is 38.5 Å². The van der Waals surface area contributed by atoms with Gasteiger partial charge in [0.15, 0.2) is 0 Å². The summed E-state index contributed by atoms with van der Waals surface area (Å²) in [6.45, 7) is 4.06. The zero-order chi connectivity index (χ0) is 12.6. The number of rotatable bonds is 3. The highest BCUT2D eigenvalue weighted by molar-refractivity contribution is 6.07. The summed E-state index contributed by atoms with van der Waals surface area (Å²) in [5.74, 6) is -0.164. The van der Waals surface area contributed by atoms with Crippen LogP contribution in [0.15, 0.2) is 18.2 Å². The minimum absolute atomic E-state index is 0.0995. The average molecular weight is 235 g/mol. The van der Waals surface area contributed by atoms with Gasteiger partial charge < -0.3 is 4.90 Å². The second-order valence-corrected chi connectivity index (χ2v) is 4.71. The van der Waals surface area contributed by atoms with Gasteiger partial charge in [-0.05, 0) is 36.6 Å². The number of nitrogens with zero attached hydrogens (tertiary/aromatic N) is 1. The van der Waals surface area contributed by atoms with Crippen LogP contribution in [0.5, 0.6) is 0 Å². The first-order valence-electron chi connectivity index (χ1n) is 6.15. The van der Waals surface area contributed by atoms with Crippen molar-refractivity contribution in [1.82, 2.24) is 0 Å². The summed E-state index contributed by atoms with van der Waals surface area (Å²) in [4.78, 5) is 14.1. The molecule has 1 aromatic rings. The molecule has 1 heterocycles. The van der Waals surface area contributed by atoms with Gasteiger partial charge in [-0.15, -0.1) is 0 Å². The summed E-state index contributed by atoms with van der Waals surface area (Å²) in [5.41, 5.74) is 1.20. The Morgan fingerprint density at radius 3 is 2.65 bits per heavy atom. The highest BCUT2D eigenvalue weighted by atomic mass is 19.1. The Kier molecular flexibility index (Phi) is 2.94. The molecule has 1 unspecified atom stereocenters. The largest absolute Gasteiger partial charge is 0.314 e. The van der Waals surface area contributed by atoms with Gasteiger partial charge in [0.2, 0.25) is 5.91 Å². The van der Waals surface area contributed by atoms with Crippen molar-refractivity contribution in [1.29, 1.82) is 0 Å². The van der Waals surface area contributed by atoms with E-state index in [9.17, 15) is 9.18 Å². The molecule has 0 aromatic heterocycles. The van der Waals surface area contributed by atoms with Crippen LogP contribution in [0.2, 0.25) is 0 Å². The molecule has 3 heteroatoms. The number of hydrogen-bond acceptors (Lipinski definition) is 1. The molecule has 1 aliphatic heterocycles. The average Bonchev–Trinajstić information content (AvgIpc) is 2.52. The van der Waals surface area contributed by atoms with E-state index in [0.717, 1.165) is 30.5 Å². The minimum atomic E-state index is -0.513. The number of benzene rings is 1. The number of amides is 1. The van der Waals surface area contributed by atoms with Crippen LogP contribution in [0.1, 0.15) is 38.7 Å². The van der Waals surface area contributed by atoms with E-state index in [1.807, 2.05) is 6.92 Å². The summed E-state index contributed by atoms with van der Waals surface area (Å²) >= 11 is 0. The van der Waals surface area contributed by atoms with E-state index in [4.69, 9.17) is 0 Å². The summed E-state index contributed by atoms with van der Waals surface area (Å²) in [6, 6.07) is 4.64. The molecule has 1 aromatic carbocycles. The first kappa shape index (κ1) is 12.1. The first-order chi connectivity index (χ1) is 8.06. The molecule has 0 aliphatic carbocycles. The van der Waals surface area contributed by atoms with Crippen molar-refractivity contribution in [3.8, 4) is 0 Å². The topological polar surface area (TPSA) is 20.3 Å². The Morgan fingerprint density at radius 2 is 2.06 bits per heavy atom. The second kappa shape index (κ2) is 4.13. The predicted molar refractivity (Wildman–Crippen MR) is 66.7 cm³/mol. The van der Waals surface area contributed by atoms with Crippen LogP contribution < -0.4 is 4.90 Å². The molecule has 0 saturated carbocycles. The normalized spacial score (nSPS) is 23.1. The highest BCUT2D eigenvalue weighted by Crippen LogP contribution is 2.46.